The molecule has 8 nitrogen and oxygen atoms in total. The third-order valence-electron chi connectivity index (χ3n) is 1.05. The summed E-state index contributed by atoms with van der Waals surface area (Å²) in [5.41, 5.74) is 2.51. The van der Waals surface area contributed by atoms with Crippen LogP contribution in [0.4, 0.5) is 0 Å². The first-order valence-electron chi connectivity index (χ1n) is 3.10. The van der Waals surface area contributed by atoms with E-state index in [-0.39, 0.29) is 0 Å². The lowest BCUT2D eigenvalue weighted by molar-refractivity contribution is 0.181. The highest BCUT2D eigenvalue weighted by atomic mass is 31.2. The van der Waals surface area contributed by atoms with Gasteiger partial charge in [0.2, 0.25) is 5.52 Å². The molecule has 0 aromatic carbocycles. The van der Waals surface area contributed by atoms with Crippen LogP contribution in [0.2, 0.25) is 0 Å². The molecule has 0 amide bonds. The Hall–Kier alpha value is 0.220. The molecular formula is C3H11NO7P2. The summed E-state index contributed by atoms with van der Waals surface area (Å²) in [5, 5.41) is 8.22. The maximum Gasteiger partial charge on any atom is 0.357 e. The maximum atomic E-state index is 10.9. The Morgan fingerprint density at radius 2 is 1.77 bits per heavy atom. The predicted octanol–water partition coefficient (Wildman–Crippen LogP) is -1.40. The Kier molecular flexibility index (Phi) is 4.71. The minimum atomic E-state index is -4.86. The molecule has 0 rings (SSSR count). The van der Waals surface area contributed by atoms with E-state index in [0.717, 1.165) is 0 Å². The summed E-state index contributed by atoms with van der Waals surface area (Å²) in [6, 6.07) is 0. The SMILES string of the molecule is NC(P(=O)(O)O)P(=O)(O)OCCO. The van der Waals surface area contributed by atoms with E-state index in [1.165, 1.54) is 0 Å². The summed E-state index contributed by atoms with van der Waals surface area (Å²) < 4.78 is 25.5. The van der Waals surface area contributed by atoms with Gasteiger partial charge in [-0.15, -0.1) is 0 Å². The minimum Gasteiger partial charge on any atom is -0.394 e. The fraction of sp³-hybridized carbons (Fsp3) is 1.00. The monoisotopic (exact) mass is 235 g/mol. The molecule has 10 heteroatoms. The normalized spacial score (nSPS) is 19.5. The first-order valence-corrected chi connectivity index (χ1v) is 6.43. The summed E-state index contributed by atoms with van der Waals surface area (Å²) >= 11 is 0. The van der Waals surface area contributed by atoms with Crippen LogP contribution in [0.3, 0.4) is 0 Å². The molecule has 0 aromatic heterocycles. The van der Waals surface area contributed by atoms with Crippen molar-refractivity contribution in [2.24, 2.45) is 5.73 Å². The maximum absolute atomic E-state index is 10.9. The van der Waals surface area contributed by atoms with Crippen LogP contribution >= 0.6 is 15.2 Å². The van der Waals surface area contributed by atoms with Gasteiger partial charge in [0.15, 0.2) is 0 Å². The van der Waals surface area contributed by atoms with Crippen LogP contribution in [-0.4, -0.2) is 38.5 Å². The lowest BCUT2D eigenvalue weighted by Crippen LogP contribution is -2.22. The number of hydrogen-bond acceptors (Lipinski definition) is 5. The van der Waals surface area contributed by atoms with E-state index >= 15 is 0 Å². The molecule has 0 saturated heterocycles. The van der Waals surface area contributed by atoms with E-state index < -0.39 is 33.9 Å². The highest BCUT2D eigenvalue weighted by Gasteiger charge is 2.42. The van der Waals surface area contributed by atoms with Crippen molar-refractivity contribution in [3.63, 3.8) is 0 Å². The number of aliphatic hydroxyl groups excluding tert-OH is 1. The Bertz CT molecular complexity index is 248. The van der Waals surface area contributed by atoms with Gasteiger partial charge in [-0.05, 0) is 0 Å². The van der Waals surface area contributed by atoms with E-state index in [9.17, 15) is 9.13 Å². The third kappa shape index (κ3) is 4.30. The van der Waals surface area contributed by atoms with Gasteiger partial charge < -0.3 is 30.0 Å². The van der Waals surface area contributed by atoms with E-state index in [1.54, 1.807) is 0 Å². The van der Waals surface area contributed by atoms with Gasteiger partial charge in [0.25, 0.3) is 0 Å². The van der Waals surface area contributed by atoms with Gasteiger partial charge in [0.1, 0.15) is 0 Å². The quantitative estimate of drug-likeness (QED) is 0.365. The Morgan fingerprint density at radius 3 is 2.08 bits per heavy atom. The molecule has 80 valence electrons. The molecule has 0 spiro atoms. The number of hydrogen-bond donors (Lipinski definition) is 5. The van der Waals surface area contributed by atoms with Gasteiger partial charge in [0, 0.05) is 0 Å². The molecule has 13 heavy (non-hydrogen) atoms. The summed E-state index contributed by atoms with van der Waals surface area (Å²) in [6.07, 6.45) is 0. The fourth-order valence-corrected chi connectivity index (χ4v) is 2.65. The van der Waals surface area contributed by atoms with Gasteiger partial charge in [0.05, 0.1) is 13.2 Å². The Balaban J connectivity index is 4.46. The average Bonchev–Trinajstić information content (AvgIpc) is 1.98. The van der Waals surface area contributed by atoms with Gasteiger partial charge in [-0.25, -0.2) is 0 Å². The van der Waals surface area contributed by atoms with Crippen molar-refractivity contribution in [3.05, 3.63) is 0 Å². The minimum absolute atomic E-state index is 0.512. The summed E-state index contributed by atoms with van der Waals surface area (Å²) in [6.45, 7) is -1.06. The van der Waals surface area contributed by atoms with Crippen molar-refractivity contribution >= 4 is 15.2 Å². The molecule has 0 aliphatic heterocycles. The van der Waals surface area contributed by atoms with Crippen molar-refractivity contribution < 1.29 is 33.4 Å². The van der Waals surface area contributed by atoms with Crippen LogP contribution in [0.1, 0.15) is 0 Å². The molecule has 2 unspecified atom stereocenters. The third-order valence-corrected chi connectivity index (χ3v) is 4.73. The summed E-state index contributed by atoms with van der Waals surface area (Å²) in [4.78, 5) is 25.7. The van der Waals surface area contributed by atoms with E-state index in [0.29, 0.717) is 0 Å². The smallest absolute Gasteiger partial charge is 0.357 e. The Labute approximate surface area is 74.0 Å². The van der Waals surface area contributed by atoms with Crippen LogP contribution in [-0.2, 0) is 13.7 Å². The first kappa shape index (κ1) is 13.2. The lowest BCUT2D eigenvalue weighted by atomic mass is 10.8. The molecule has 0 aliphatic rings. The number of nitrogens with two attached hydrogens (primary N) is 1. The summed E-state index contributed by atoms with van der Waals surface area (Å²) in [5.74, 6) is 0. The van der Waals surface area contributed by atoms with Crippen molar-refractivity contribution in [3.8, 4) is 0 Å². The molecule has 0 aromatic rings. The summed E-state index contributed by atoms with van der Waals surface area (Å²) in [7, 11) is -9.43. The van der Waals surface area contributed by atoms with Gasteiger partial charge in [-0.2, -0.15) is 0 Å². The molecule has 0 fully saturated rings. The van der Waals surface area contributed by atoms with Crippen molar-refractivity contribution in [2.45, 2.75) is 5.52 Å². The second-order valence-corrected chi connectivity index (χ2v) is 6.21. The van der Waals surface area contributed by atoms with E-state index in [2.05, 4.69) is 4.52 Å². The fourth-order valence-electron chi connectivity index (χ4n) is 0.438. The molecule has 2 atom stereocenters. The highest BCUT2D eigenvalue weighted by molar-refractivity contribution is 7.71. The van der Waals surface area contributed by atoms with Crippen LogP contribution in [0.15, 0.2) is 0 Å². The molecule has 0 radical (unpaired) electrons. The van der Waals surface area contributed by atoms with Gasteiger partial charge in [-0.3, -0.25) is 9.13 Å². The second-order valence-electron chi connectivity index (χ2n) is 2.12. The molecule has 0 heterocycles. The van der Waals surface area contributed by atoms with Gasteiger partial charge >= 0.3 is 15.2 Å². The molecular weight excluding hydrogens is 224 g/mol. The van der Waals surface area contributed by atoms with Crippen LogP contribution < -0.4 is 5.73 Å². The zero-order valence-electron chi connectivity index (χ0n) is 6.48. The topological polar surface area (TPSA) is 150 Å². The van der Waals surface area contributed by atoms with E-state index in [4.69, 9.17) is 25.5 Å². The largest absolute Gasteiger partial charge is 0.394 e. The zero-order chi connectivity index (χ0) is 10.7. The van der Waals surface area contributed by atoms with Crippen LogP contribution in [0.25, 0.3) is 0 Å². The number of rotatable bonds is 5. The standard InChI is InChI=1S/C3H11NO7P2/c4-3(12(6,7)8)13(9,10)11-2-1-5/h3,5H,1-2,4H2,(H,9,10)(H2,6,7,8). The number of aliphatic hydroxyl groups is 1. The van der Waals surface area contributed by atoms with Crippen molar-refractivity contribution in [1.29, 1.82) is 0 Å². The molecule has 0 bridgehead atoms. The predicted molar refractivity (Wildman–Crippen MR) is 42.9 cm³/mol. The Morgan fingerprint density at radius 1 is 1.31 bits per heavy atom. The van der Waals surface area contributed by atoms with Crippen molar-refractivity contribution in [2.75, 3.05) is 13.2 Å². The zero-order valence-corrected chi connectivity index (χ0v) is 8.27. The molecule has 0 aliphatic carbocycles. The van der Waals surface area contributed by atoms with E-state index in [1.807, 2.05) is 0 Å². The van der Waals surface area contributed by atoms with Crippen molar-refractivity contribution in [1.82, 2.24) is 0 Å². The first-order chi connectivity index (χ1) is 5.72. The van der Waals surface area contributed by atoms with Crippen LogP contribution in [0, 0.1) is 0 Å². The molecule has 6 N–H and O–H groups in total. The van der Waals surface area contributed by atoms with Gasteiger partial charge in [-0.1, -0.05) is 0 Å². The second kappa shape index (κ2) is 4.63. The lowest BCUT2D eigenvalue weighted by Gasteiger charge is -2.18. The average molecular weight is 235 g/mol. The van der Waals surface area contributed by atoms with Crippen LogP contribution in [0.5, 0.6) is 0 Å². The molecule has 0 saturated carbocycles. The highest BCUT2D eigenvalue weighted by Crippen LogP contribution is 2.59.